The number of hydrogen-bond donors (Lipinski definition) is 0. The number of nitrogens with zero attached hydrogens (tertiary/aromatic N) is 5. The standard InChI is InChI=1S/C14H10F3N5O/c1-8-6-20-9-2-3-11(23)22(13(9)21-8)7-10-12(14(15,16)17)19-5-4-18-10/h2-6H,7H2,1H3. The lowest BCUT2D eigenvalue weighted by Crippen LogP contribution is -2.24. The van der Waals surface area contributed by atoms with E-state index in [2.05, 4.69) is 19.9 Å². The van der Waals surface area contributed by atoms with E-state index in [9.17, 15) is 18.0 Å². The molecule has 0 aliphatic carbocycles. The summed E-state index contributed by atoms with van der Waals surface area (Å²) < 4.78 is 40.1. The van der Waals surface area contributed by atoms with Crippen LogP contribution in [0.15, 0.2) is 35.5 Å². The maximum Gasteiger partial charge on any atom is 0.435 e. The highest BCUT2D eigenvalue weighted by molar-refractivity contribution is 5.69. The summed E-state index contributed by atoms with van der Waals surface area (Å²) in [6, 6.07) is 2.71. The lowest BCUT2D eigenvalue weighted by atomic mass is 10.2. The molecular formula is C14H10F3N5O. The number of rotatable bonds is 2. The smallest absolute Gasteiger partial charge is 0.285 e. The van der Waals surface area contributed by atoms with Crippen molar-refractivity contribution >= 4 is 11.2 Å². The number of pyridine rings is 1. The Kier molecular flexibility index (Phi) is 3.55. The number of halogens is 3. The van der Waals surface area contributed by atoms with E-state index in [0.717, 1.165) is 17.0 Å². The molecule has 3 aromatic rings. The molecule has 0 aliphatic heterocycles. The molecule has 0 amide bonds. The molecule has 0 atom stereocenters. The summed E-state index contributed by atoms with van der Waals surface area (Å²) in [4.78, 5) is 27.4. The van der Waals surface area contributed by atoms with Gasteiger partial charge in [0.25, 0.3) is 5.56 Å². The Morgan fingerprint density at radius 3 is 2.61 bits per heavy atom. The van der Waals surface area contributed by atoms with Crippen molar-refractivity contribution in [3.05, 3.63) is 58.2 Å². The van der Waals surface area contributed by atoms with Crippen LogP contribution >= 0.6 is 0 Å². The quantitative estimate of drug-likeness (QED) is 0.721. The van der Waals surface area contributed by atoms with Gasteiger partial charge in [0.05, 0.1) is 17.9 Å². The van der Waals surface area contributed by atoms with Gasteiger partial charge in [-0.05, 0) is 13.0 Å². The first-order valence-electron chi connectivity index (χ1n) is 6.56. The highest BCUT2D eigenvalue weighted by Gasteiger charge is 2.36. The van der Waals surface area contributed by atoms with Gasteiger partial charge in [-0.25, -0.2) is 9.97 Å². The average molecular weight is 321 g/mol. The molecule has 0 N–H and O–H groups in total. The Hall–Kier alpha value is -2.84. The van der Waals surface area contributed by atoms with Gasteiger partial charge in [-0.3, -0.25) is 19.3 Å². The average Bonchev–Trinajstić information content (AvgIpc) is 2.50. The molecule has 0 aromatic carbocycles. The minimum atomic E-state index is -4.65. The Morgan fingerprint density at radius 1 is 1.13 bits per heavy atom. The predicted octanol–water partition coefficient (Wildman–Crippen LogP) is 1.96. The topological polar surface area (TPSA) is 73.6 Å². The van der Waals surface area contributed by atoms with Crippen molar-refractivity contribution < 1.29 is 13.2 Å². The number of aromatic nitrogens is 5. The van der Waals surface area contributed by atoms with Crippen molar-refractivity contribution in [3.8, 4) is 0 Å². The van der Waals surface area contributed by atoms with Gasteiger partial charge in [0.2, 0.25) is 0 Å². The predicted molar refractivity (Wildman–Crippen MR) is 74.7 cm³/mol. The zero-order valence-corrected chi connectivity index (χ0v) is 11.9. The fraction of sp³-hybridized carbons (Fsp3) is 0.214. The van der Waals surface area contributed by atoms with E-state index >= 15 is 0 Å². The van der Waals surface area contributed by atoms with Gasteiger partial charge in [0.1, 0.15) is 5.52 Å². The Labute approximate surface area is 127 Å². The third kappa shape index (κ3) is 2.89. The van der Waals surface area contributed by atoms with E-state index in [1.807, 2.05) is 0 Å². The Balaban J connectivity index is 2.19. The molecule has 0 radical (unpaired) electrons. The molecule has 0 saturated heterocycles. The molecule has 0 bridgehead atoms. The molecule has 118 valence electrons. The summed E-state index contributed by atoms with van der Waals surface area (Å²) >= 11 is 0. The van der Waals surface area contributed by atoms with Crippen LogP contribution in [-0.4, -0.2) is 24.5 Å². The Morgan fingerprint density at radius 2 is 1.87 bits per heavy atom. The molecule has 0 aliphatic rings. The molecule has 0 unspecified atom stereocenters. The van der Waals surface area contributed by atoms with Crippen LogP contribution in [-0.2, 0) is 12.7 Å². The first-order chi connectivity index (χ1) is 10.9. The first kappa shape index (κ1) is 15.1. The molecule has 0 saturated carbocycles. The monoisotopic (exact) mass is 321 g/mol. The van der Waals surface area contributed by atoms with Crippen LogP contribution in [0, 0.1) is 6.92 Å². The van der Waals surface area contributed by atoms with Gasteiger partial charge >= 0.3 is 6.18 Å². The van der Waals surface area contributed by atoms with E-state index in [-0.39, 0.29) is 11.3 Å². The molecule has 9 heteroatoms. The van der Waals surface area contributed by atoms with E-state index in [1.54, 1.807) is 6.92 Å². The fourth-order valence-corrected chi connectivity index (χ4v) is 2.16. The minimum Gasteiger partial charge on any atom is -0.285 e. The third-order valence-corrected chi connectivity index (χ3v) is 3.16. The van der Waals surface area contributed by atoms with Crippen LogP contribution in [0.25, 0.3) is 11.2 Å². The minimum absolute atomic E-state index is 0.205. The van der Waals surface area contributed by atoms with Crippen LogP contribution in [0.4, 0.5) is 13.2 Å². The van der Waals surface area contributed by atoms with Crippen LogP contribution in [0.2, 0.25) is 0 Å². The largest absolute Gasteiger partial charge is 0.435 e. The molecule has 6 nitrogen and oxygen atoms in total. The number of fused-ring (bicyclic) bond motifs is 1. The highest BCUT2D eigenvalue weighted by atomic mass is 19.4. The summed E-state index contributed by atoms with van der Waals surface area (Å²) in [7, 11) is 0. The number of hydrogen-bond acceptors (Lipinski definition) is 5. The van der Waals surface area contributed by atoms with Gasteiger partial charge in [-0.15, -0.1) is 0 Å². The molecule has 0 spiro atoms. The molecule has 3 rings (SSSR count). The van der Waals surface area contributed by atoms with Gasteiger partial charge in [0, 0.05) is 24.7 Å². The van der Waals surface area contributed by atoms with Crippen molar-refractivity contribution in [1.82, 2.24) is 24.5 Å². The first-order valence-corrected chi connectivity index (χ1v) is 6.56. The third-order valence-electron chi connectivity index (χ3n) is 3.16. The molecule has 0 fully saturated rings. The summed E-state index contributed by atoms with van der Waals surface area (Å²) in [6.45, 7) is 1.29. The maximum atomic E-state index is 13.0. The van der Waals surface area contributed by atoms with Gasteiger partial charge < -0.3 is 0 Å². The van der Waals surface area contributed by atoms with E-state index in [4.69, 9.17) is 0 Å². The van der Waals surface area contributed by atoms with Gasteiger partial charge in [-0.1, -0.05) is 0 Å². The maximum absolute atomic E-state index is 13.0. The molecular weight excluding hydrogens is 311 g/mol. The second kappa shape index (κ2) is 5.41. The second-order valence-corrected chi connectivity index (χ2v) is 4.83. The van der Waals surface area contributed by atoms with Crippen molar-refractivity contribution in [2.45, 2.75) is 19.6 Å². The number of aryl methyl sites for hydroxylation is 1. The summed E-state index contributed by atoms with van der Waals surface area (Å²) in [5.74, 6) is 0. The van der Waals surface area contributed by atoms with Crippen molar-refractivity contribution in [2.24, 2.45) is 0 Å². The van der Waals surface area contributed by atoms with Crippen LogP contribution in [0.3, 0.4) is 0 Å². The van der Waals surface area contributed by atoms with Crippen LogP contribution < -0.4 is 5.56 Å². The fourth-order valence-electron chi connectivity index (χ4n) is 2.16. The summed E-state index contributed by atoms with van der Waals surface area (Å²) in [5.41, 5.74) is -0.797. The summed E-state index contributed by atoms with van der Waals surface area (Å²) in [6.07, 6.45) is -1.03. The van der Waals surface area contributed by atoms with Gasteiger partial charge in [0.15, 0.2) is 11.3 Å². The van der Waals surface area contributed by atoms with Crippen LogP contribution in [0.5, 0.6) is 0 Å². The van der Waals surface area contributed by atoms with Crippen molar-refractivity contribution in [2.75, 3.05) is 0 Å². The Bertz CT molecular complexity index is 936. The van der Waals surface area contributed by atoms with E-state index in [1.165, 1.54) is 18.3 Å². The normalized spacial score (nSPS) is 11.8. The lowest BCUT2D eigenvalue weighted by molar-refractivity contribution is -0.142. The van der Waals surface area contributed by atoms with Crippen molar-refractivity contribution in [1.29, 1.82) is 0 Å². The van der Waals surface area contributed by atoms with E-state index in [0.29, 0.717) is 11.2 Å². The highest BCUT2D eigenvalue weighted by Crippen LogP contribution is 2.29. The van der Waals surface area contributed by atoms with Crippen molar-refractivity contribution in [3.63, 3.8) is 0 Å². The second-order valence-electron chi connectivity index (χ2n) is 4.83. The molecule has 3 aromatic heterocycles. The SMILES string of the molecule is Cc1cnc2ccc(=O)n(Cc3nccnc3C(F)(F)F)c2n1. The lowest BCUT2D eigenvalue weighted by Gasteiger charge is -2.13. The van der Waals surface area contributed by atoms with Crippen LogP contribution in [0.1, 0.15) is 17.1 Å². The summed E-state index contributed by atoms with van der Waals surface area (Å²) in [5, 5.41) is 0. The zero-order valence-electron chi connectivity index (χ0n) is 11.9. The molecule has 23 heavy (non-hydrogen) atoms. The molecule has 3 heterocycles. The van der Waals surface area contributed by atoms with Gasteiger partial charge in [-0.2, -0.15) is 13.2 Å². The number of alkyl halides is 3. The zero-order chi connectivity index (χ0) is 16.6. The van der Waals surface area contributed by atoms with E-state index < -0.39 is 24.0 Å².